The first-order chi connectivity index (χ1) is 9.12. The second-order valence-corrected chi connectivity index (χ2v) is 4.57. The van der Waals surface area contributed by atoms with Crippen LogP contribution in [0.15, 0.2) is 18.2 Å². The summed E-state index contributed by atoms with van der Waals surface area (Å²) in [5, 5.41) is 3.38. The molecule has 2 unspecified atom stereocenters. The highest BCUT2D eigenvalue weighted by Crippen LogP contribution is 2.31. The van der Waals surface area contributed by atoms with E-state index in [-0.39, 0.29) is 6.10 Å². The minimum Gasteiger partial charge on any atom is -0.493 e. The average molecular weight is 267 g/mol. The van der Waals surface area contributed by atoms with Gasteiger partial charge in [-0.2, -0.15) is 0 Å². The van der Waals surface area contributed by atoms with Crippen LogP contribution in [0.25, 0.3) is 0 Å². The van der Waals surface area contributed by atoms with Gasteiger partial charge >= 0.3 is 0 Å². The molecule has 0 saturated heterocycles. The normalized spacial score (nSPS) is 13.9. The molecule has 4 heteroatoms. The number of methoxy groups -OCH3 is 2. The molecule has 0 spiro atoms. The zero-order valence-electron chi connectivity index (χ0n) is 12.5. The first kappa shape index (κ1) is 15.8. The molecule has 0 bridgehead atoms. The maximum atomic E-state index is 5.80. The molecule has 0 aliphatic rings. The van der Waals surface area contributed by atoms with Crippen LogP contribution in [0, 0.1) is 0 Å². The van der Waals surface area contributed by atoms with Gasteiger partial charge in [0.2, 0.25) is 0 Å². The molecular weight excluding hydrogens is 242 g/mol. The van der Waals surface area contributed by atoms with Gasteiger partial charge in [-0.25, -0.2) is 0 Å². The van der Waals surface area contributed by atoms with Crippen LogP contribution in [0.2, 0.25) is 0 Å². The highest BCUT2D eigenvalue weighted by Gasteiger charge is 2.12. The summed E-state index contributed by atoms with van der Waals surface area (Å²) in [7, 11) is 3.32. The molecule has 0 amide bonds. The van der Waals surface area contributed by atoms with Gasteiger partial charge in [0.15, 0.2) is 11.5 Å². The monoisotopic (exact) mass is 267 g/mol. The van der Waals surface area contributed by atoms with Crippen LogP contribution >= 0.6 is 0 Å². The molecule has 0 fully saturated rings. The number of rotatable bonds is 8. The molecule has 4 nitrogen and oxygen atoms in total. The van der Waals surface area contributed by atoms with Crippen LogP contribution in [0.3, 0.4) is 0 Å². The summed E-state index contributed by atoms with van der Waals surface area (Å²) in [6.45, 7) is 7.69. The topological polar surface area (TPSA) is 39.7 Å². The Labute approximate surface area is 116 Å². The number of ether oxygens (including phenoxy) is 3. The molecule has 1 aromatic rings. The van der Waals surface area contributed by atoms with Crippen molar-refractivity contribution in [3.63, 3.8) is 0 Å². The van der Waals surface area contributed by atoms with Gasteiger partial charge in [0.25, 0.3) is 0 Å². The number of benzene rings is 1. The summed E-state index contributed by atoms with van der Waals surface area (Å²) in [6, 6.07) is 6.32. The molecule has 0 aromatic heterocycles. The third kappa shape index (κ3) is 4.73. The maximum Gasteiger partial charge on any atom is 0.161 e. The number of nitrogens with one attached hydrogen (secondary N) is 1. The largest absolute Gasteiger partial charge is 0.493 e. The fourth-order valence-electron chi connectivity index (χ4n) is 1.96. The Bertz CT molecular complexity index is 382. The van der Waals surface area contributed by atoms with Crippen molar-refractivity contribution in [2.24, 2.45) is 0 Å². The number of hydrogen-bond donors (Lipinski definition) is 1. The predicted molar refractivity (Wildman–Crippen MR) is 77.1 cm³/mol. The van der Waals surface area contributed by atoms with Gasteiger partial charge in [0.1, 0.15) is 6.10 Å². The average Bonchev–Trinajstić information content (AvgIpc) is 2.39. The molecule has 1 N–H and O–H groups in total. The molecule has 19 heavy (non-hydrogen) atoms. The van der Waals surface area contributed by atoms with Crippen LogP contribution < -0.4 is 14.8 Å². The van der Waals surface area contributed by atoms with Crippen molar-refractivity contribution in [2.45, 2.75) is 32.9 Å². The Balaban J connectivity index is 2.83. The van der Waals surface area contributed by atoms with Crippen LogP contribution in [0.4, 0.5) is 0 Å². The van der Waals surface area contributed by atoms with Crippen LogP contribution in [0.1, 0.15) is 32.4 Å². The lowest BCUT2D eigenvalue weighted by Gasteiger charge is -2.19. The first-order valence-electron chi connectivity index (χ1n) is 6.69. The minimum atomic E-state index is -0.00376. The summed E-state index contributed by atoms with van der Waals surface area (Å²) in [5.41, 5.74) is 1.19. The van der Waals surface area contributed by atoms with E-state index in [1.165, 1.54) is 5.56 Å². The first-order valence-corrected chi connectivity index (χ1v) is 6.69. The molecule has 0 saturated carbocycles. The smallest absolute Gasteiger partial charge is 0.161 e. The minimum absolute atomic E-state index is 0.00376. The lowest BCUT2D eigenvalue weighted by molar-refractivity contribution is 0.0899. The predicted octanol–water partition coefficient (Wildman–Crippen LogP) is 2.78. The Kier molecular flexibility index (Phi) is 6.67. The fraction of sp³-hybridized carbons (Fsp3) is 0.600. The van der Waals surface area contributed by atoms with Crippen molar-refractivity contribution >= 4 is 0 Å². The SMILES string of the molecule is CCNC(C)c1ccc(OC(C)COC)c(OC)c1. The Hall–Kier alpha value is -1.26. The van der Waals surface area contributed by atoms with E-state index < -0.39 is 0 Å². The quantitative estimate of drug-likeness (QED) is 0.786. The molecule has 108 valence electrons. The van der Waals surface area contributed by atoms with Gasteiger partial charge in [-0.1, -0.05) is 13.0 Å². The molecule has 1 aromatic carbocycles. The van der Waals surface area contributed by atoms with Crippen molar-refractivity contribution in [3.05, 3.63) is 23.8 Å². The molecule has 2 atom stereocenters. The lowest BCUT2D eigenvalue weighted by atomic mass is 10.1. The van der Waals surface area contributed by atoms with Gasteiger partial charge < -0.3 is 19.5 Å². The molecule has 0 radical (unpaired) electrons. The van der Waals surface area contributed by atoms with E-state index in [1.807, 2.05) is 19.1 Å². The second-order valence-electron chi connectivity index (χ2n) is 4.57. The maximum absolute atomic E-state index is 5.80. The molecule has 1 rings (SSSR count). The van der Waals surface area contributed by atoms with Gasteiger partial charge in [0.05, 0.1) is 13.7 Å². The summed E-state index contributed by atoms with van der Waals surface area (Å²) in [4.78, 5) is 0. The summed E-state index contributed by atoms with van der Waals surface area (Å²) in [5.74, 6) is 1.50. The standard InChI is InChI=1S/C15H25NO3/c1-6-16-12(3)13-7-8-14(15(9-13)18-5)19-11(2)10-17-4/h7-9,11-12,16H,6,10H2,1-5H3. The number of hydrogen-bond acceptors (Lipinski definition) is 4. The fourth-order valence-corrected chi connectivity index (χ4v) is 1.96. The van der Waals surface area contributed by atoms with Crippen molar-refractivity contribution in [1.29, 1.82) is 0 Å². The van der Waals surface area contributed by atoms with Gasteiger partial charge in [0, 0.05) is 13.2 Å². The van der Waals surface area contributed by atoms with Crippen molar-refractivity contribution < 1.29 is 14.2 Å². The lowest BCUT2D eigenvalue weighted by Crippen LogP contribution is -2.19. The van der Waals surface area contributed by atoms with E-state index in [9.17, 15) is 0 Å². The van der Waals surface area contributed by atoms with Gasteiger partial charge in [-0.15, -0.1) is 0 Å². The van der Waals surface area contributed by atoms with E-state index in [2.05, 4.69) is 25.2 Å². The van der Waals surface area contributed by atoms with Crippen molar-refractivity contribution in [1.82, 2.24) is 5.32 Å². The van der Waals surface area contributed by atoms with E-state index in [0.717, 1.165) is 18.0 Å². The summed E-state index contributed by atoms with van der Waals surface area (Å²) < 4.78 is 16.3. The third-order valence-electron chi connectivity index (χ3n) is 2.93. The summed E-state index contributed by atoms with van der Waals surface area (Å²) >= 11 is 0. The van der Waals surface area contributed by atoms with E-state index in [1.54, 1.807) is 14.2 Å². The van der Waals surface area contributed by atoms with Gasteiger partial charge in [-0.3, -0.25) is 0 Å². The molecule has 0 heterocycles. The molecular formula is C15H25NO3. The van der Waals surface area contributed by atoms with Crippen molar-refractivity contribution in [3.8, 4) is 11.5 Å². The van der Waals surface area contributed by atoms with Gasteiger partial charge in [-0.05, 0) is 38.1 Å². The Morgan fingerprint density at radius 2 is 1.89 bits per heavy atom. The summed E-state index contributed by atoms with van der Waals surface area (Å²) in [6.07, 6.45) is -0.00376. The zero-order chi connectivity index (χ0) is 14.3. The second kappa shape index (κ2) is 8.02. The molecule has 0 aliphatic carbocycles. The van der Waals surface area contributed by atoms with Crippen LogP contribution in [0.5, 0.6) is 11.5 Å². The van der Waals surface area contributed by atoms with Crippen LogP contribution in [-0.4, -0.2) is 33.5 Å². The third-order valence-corrected chi connectivity index (χ3v) is 2.93. The molecule has 0 aliphatic heterocycles. The highest BCUT2D eigenvalue weighted by atomic mass is 16.5. The van der Waals surface area contributed by atoms with Crippen molar-refractivity contribution in [2.75, 3.05) is 27.4 Å². The Morgan fingerprint density at radius 1 is 1.16 bits per heavy atom. The Morgan fingerprint density at radius 3 is 2.47 bits per heavy atom. The van der Waals surface area contributed by atoms with Crippen LogP contribution in [-0.2, 0) is 4.74 Å². The highest BCUT2D eigenvalue weighted by molar-refractivity contribution is 5.43. The van der Waals surface area contributed by atoms with E-state index in [4.69, 9.17) is 14.2 Å². The van der Waals surface area contributed by atoms with E-state index in [0.29, 0.717) is 12.6 Å². The van der Waals surface area contributed by atoms with E-state index >= 15 is 0 Å². The zero-order valence-corrected chi connectivity index (χ0v) is 12.5.